The number of para-hydroxylation sites is 1. The highest BCUT2D eigenvalue weighted by molar-refractivity contribution is 6.07. The maximum atomic E-state index is 12.1. The number of carboxylic acids is 1. The number of piperidine rings is 1. The molecule has 1 aromatic rings. The summed E-state index contributed by atoms with van der Waals surface area (Å²) in [5.41, 5.74) is -0.301. The van der Waals surface area contributed by atoms with Crippen LogP contribution in [-0.4, -0.2) is 22.5 Å². The van der Waals surface area contributed by atoms with Crippen molar-refractivity contribution in [1.29, 1.82) is 0 Å². The number of benzene rings is 1. The van der Waals surface area contributed by atoms with Crippen LogP contribution in [0.4, 0.5) is 5.69 Å². The third-order valence-electron chi connectivity index (χ3n) is 3.90. The normalized spacial score (nSPS) is 30.9. The summed E-state index contributed by atoms with van der Waals surface area (Å²) in [6.07, 6.45) is 1.72. The van der Waals surface area contributed by atoms with Crippen molar-refractivity contribution in [3.8, 4) is 0 Å². The van der Waals surface area contributed by atoms with E-state index < -0.39 is 11.5 Å². The van der Waals surface area contributed by atoms with E-state index in [9.17, 15) is 14.7 Å². The van der Waals surface area contributed by atoms with Crippen molar-refractivity contribution in [2.75, 3.05) is 4.90 Å². The first-order valence-electron chi connectivity index (χ1n) is 5.78. The zero-order valence-electron chi connectivity index (χ0n) is 9.30. The number of rotatable bonds is 2. The number of carbonyl (C=O) groups is 2. The summed E-state index contributed by atoms with van der Waals surface area (Å²) < 4.78 is 0. The molecular formula is C13H13NO3. The monoisotopic (exact) mass is 231 g/mol. The Labute approximate surface area is 98.9 Å². The number of hydrogen-bond acceptors (Lipinski definition) is 2. The summed E-state index contributed by atoms with van der Waals surface area (Å²) in [5, 5.41) is 9.45. The summed E-state index contributed by atoms with van der Waals surface area (Å²) in [4.78, 5) is 25.1. The lowest BCUT2D eigenvalue weighted by Gasteiger charge is -2.35. The topological polar surface area (TPSA) is 57.6 Å². The Kier molecular flexibility index (Phi) is 2.02. The number of anilines is 1. The first kappa shape index (κ1) is 10.3. The number of hydrogen-bond donors (Lipinski definition) is 1. The van der Waals surface area contributed by atoms with Gasteiger partial charge < -0.3 is 5.11 Å². The number of carboxylic acid groups (broad SMARTS) is 1. The summed E-state index contributed by atoms with van der Waals surface area (Å²) in [5.74, 6) is -1.02. The maximum absolute atomic E-state index is 12.1. The van der Waals surface area contributed by atoms with Gasteiger partial charge >= 0.3 is 5.97 Å². The molecule has 1 aliphatic carbocycles. The van der Waals surface area contributed by atoms with E-state index in [0.717, 1.165) is 0 Å². The molecule has 2 atom stereocenters. The van der Waals surface area contributed by atoms with Crippen LogP contribution >= 0.6 is 0 Å². The van der Waals surface area contributed by atoms with Gasteiger partial charge in [0.15, 0.2) is 0 Å². The molecule has 2 unspecified atom stereocenters. The number of aliphatic carboxylic acids is 1. The molecule has 2 aliphatic rings. The second-order valence-corrected chi connectivity index (χ2v) is 4.79. The van der Waals surface area contributed by atoms with Crippen LogP contribution in [0.3, 0.4) is 0 Å². The summed E-state index contributed by atoms with van der Waals surface area (Å²) in [7, 11) is 0. The highest BCUT2D eigenvalue weighted by Crippen LogP contribution is 2.49. The lowest BCUT2D eigenvalue weighted by Crippen LogP contribution is -2.53. The van der Waals surface area contributed by atoms with Gasteiger partial charge in [-0.05, 0) is 31.4 Å². The number of amides is 1. The fourth-order valence-electron chi connectivity index (χ4n) is 3.07. The van der Waals surface area contributed by atoms with E-state index in [1.54, 1.807) is 12.1 Å². The third kappa shape index (κ3) is 1.24. The van der Waals surface area contributed by atoms with Crippen LogP contribution in [-0.2, 0) is 9.59 Å². The minimum absolute atomic E-state index is 0.0372. The smallest absolute Gasteiger partial charge is 0.330 e. The average molecular weight is 231 g/mol. The van der Waals surface area contributed by atoms with Gasteiger partial charge in [-0.15, -0.1) is 0 Å². The van der Waals surface area contributed by atoms with E-state index in [1.807, 2.05) is 18.2 Å². The molecule has 0 radical (unpaired) electrons. The highest BCUT2D eigenvalue weighted by atomic mass is 16.4. The van der Waals surface area contributed by atoms with Crippen molar-refractivity contribution >= 4 is 17.6 Å². The Bertz CT molecular complexity index is 485. The molecule has 1 aromatic carbocycles. The molecule has 0 aromatic heterocycles. The molecule has 1 saturated carbocycles. The second-order valence-electron chi connectivity index (χ2n) is 4.79. The molecule has 4 nitrogen and oxygen atoms in total. The molecule has 1 N–H and O–H groups in total. The SMILES string of the molecule is O=C1C2CCC(C(=O)O)(C2)N1c1ccccc1. The quantitative estimate of drug-likeness (QED) is 0.842. The van der Waals surface area contributed by atoms with Crippen molar-refractivity contribution in [2.45, 2.75) is 24.8 Å². The molecule has 1 heterocycles. The highest BCUT2D eigenvalue weighted by Gasteiger charge is 2.60. The van der Waals surface area contributed by atoms with Crippen LogP contribution < -0.4 is 4.90 Å². The maximum Gasteiger partial charge on any atom is 0.330 e. The molecule has 1 amide bonds. The van der Waals surface area contributed by atoms with Crippen molar-refractivity contribution in [3.05, 3.63) is 30.3 Å². The predicted octanol–water partition coefficient (Wildman–Crippen LogP) is 1.66. The standard InChI is InChI=1S/C13H13NO3/c15-11-9-6-7-13(8-9,12(16)17)14(11)10-4-2-1-3-5-10/h1-5,9H,6-8H2,(H,16,17). The van der Waals surface area contributed by atoms with E-state index in [4.69, 9.17) is 0 Å². The Morgan fingerprint density at radius 2 is 2.06 bits per heavy atom. The Morgan fingerprint density at radius 1 is 1.35 bits per heavy atom. The molecule has 0 spiro atoms. The van der Waals surface area contributed by atoms with Crippen molar-refractivity contribution in [3.63, 3.8) is 0 Å². The minimum Gasteiger partial charge on any atom is -0.479 e. The number of nitrogens with zero attached hydrogens (tertiary/aromatic N) is 1. The molecule has 4 heteroatoms. The van der Waals surface area contributed by atoms with Gasteiger partial charge in [-0.3, -0.25) is 9.69 Å². The summed E-state index contributed by atoms with van der Waals surface area (Å²) >= 11 is 0. The van der Waals surface area contributed by atoms with Crippen molar-refractivity contribution in [2.24, 2.45) is 5.92 Å². The first-order chi connectivity index (χ1) is 8.15. The van der Waals surface area contributed by atoms with Gasteiger partial charge in [0.2, 0.25) is 5.91 Å². The number of carbonyl (C=O) groups excluding carboxylic acids is 1. The lowest BCUT2D eigenvalue weighted by molar-refractivity contribution is -0.144. The first-order valence-corrected chi connectivity index (χ1v) is 5.78. The van der Waals surface area contributed by atoms with Crippen molar-refractivity contribution < 1.29 is 14.7 Å². The van der Waals surface area contributed by atoms with E-state index in [1.165, 1.54) is 4.90 Å². The molecule has 1 aliphatic heterocycles. The van der Waals surface area contributed by atoms with Crippen LogP contribution in [0.1, 0.15) is 19.3 Å². The van der Waals surface area contributed by atoms with E-state index >= 15 is 0 Å². The molecule has 2 fully saturated rings. The van der Waals surface area contributed by atoms with Gasteiger partial charge in [-0.25, -0.2) is 4.79 Å². The predicted molar refractivity (Wildman–Crippen MR) is 61.6 cm³/mol. The second kappa shape index (κ2) is 3.32. The Hall–Kier alpha value is -1.84. The average Bonchev–Trinajstić information content (AvgIpc) is 2.87. The summed E-state index contributed by atoms with van der Waals surface area (Å²) in [6.45, 7) is 0. The van der Waals surface area contributed by atoms with Gasteiger partial charge in [0.25, 0.3) is 0 Å². The Balaban J connectivity index is 2.09. The molecule has 88 valence electrons. The van der Waals surface area contributed by atoms with Gasteiger partial charge in [0, 0.05) is 11.6 Å². The Morgan fingerprint density at radius 3 is 2.71 bits per heavy atom. The van der Waals surface area contributed by atoms with E-state index in [0.29, 0.717) is 24.9 Å². The van der Waals surface area contributed by atoms with Crippen LogP contribution in [0.25, 0.3) is 0 Å². The number of fused-ring (bicyclic) bond motifs is 2. The van der Waals surface area contributed by atoms with Gasteiger partial charge in [0.1, 0.15) is 5.54 Å². The largest absolute Gasteiger partial charge is 0.479 e. The zero-order valence-corrected chi connectivity index (χ0v) is 9.30. The molecule has 1 saturated heterocycles. The van der Waals surface area contributed by atoms with Gasteiger partial charge in [-0.1, -0.05) is 18.2 Å². The van der Waals surface area contributed by atoms with Gasteiger partial charge in [-0.2, -0.15) is 0 Å². The molecular weight excluding hydrogens is 218 g/mol. The van der Waals surface area contributed by atoms with E-state index in [2.05, 4.69) is 0 Å². The minimum atomic E-state index is -0.997. The fraction of sp³-hybridized carbons (Fsp3) is 0.385. The van der Waals surface area contributed by atoms with Gasteiger partial charge in [0.05, 0.1) is 0 Å². The third-order valence-corrected chi connectivity index (χ3v) is 3.90. The summed E-state index contributed by atoms with van der Waals surface area (Å²) in [6, 6.07) is 9.09. The van der Waals surface area contributed by atoms with Crippen LogP contribution in [0.2, 0.25) is 0 Å². The fourth-order valence-corrected chi connectivity index (χ4v) is 3.07. The van der Waals surface area contributed by atoms with Crippen LogP contribution in [0.5, 0.6) is 0 Å². The molecule has 2 bridgehead atoms. The van der Waals surface area contributed by atoms with Crippen molar-refractivity contribution in [1.82, 2.24) is 0 Å². The zero-order chi connectivity index (χ0) is 12.0. The van der Waals surface area contributed by atoms with Crippen LogP contribution in [0, 0.1) is 5.92 Å². The molecule has 3 rings (SSSR count). The molecule has 17 heavy (non-hydrogen) atoms. The van der Waals surface area contributed by atoms with Crippen LogP contribution in [0.15, 0.2) is 30.3 Å². The lowest BCUT2D eigenvalue weighted by atomic mass is 9.96. The van der Waals surface area contributed by atoms with E-state index in [-0.39, 0.29) is 11.8 Å².